The van der Waals surface area contributed by atoms with Gasteiger partial charge in [-0.05, 0) is 36.5 Å². The van der Waals surface area contributed by atoms with Crippen LogP contribution < -0.4 is 0 Å². The molecule has 0 atom stereocenters. The molecule has 0 fully saturated rings. The van der Waals surface area contributed by atoms with Gasteiger partial charge in [0, 0.05) is 4.90 Å². The van der Waals surface area contributed by atoms with Crippen LogP contribution in [0.1, 0.15) is 71.1 Å². The second kappa shape index (κ2) is 10.9. The van der Waals surface area contributed by atoms with E-state index in [1.807, 2.05) is 23.9 Å². The highest BCUT2D eigenvalue weighted by Gasteiger charge is 2.05. The first-order valence-corrected chi connectivity index (χ1v) is 10.5. The normalized spacial score (nSPS) is 11.3. The van der Waals surface area contributed by atoms with Crippen molar-refractivity contribution in [3.05, 3.63) is 23.0 Å². The third-order valence-corrected chi connectivity index (χ3v) is 5.50. The van der Waals surface area contributed by atoms with E-state index < -0.39 is 0 Å². The third kappa shape index (κ3) is 6.72. The van der Waals surface area contributed by atoms with Crippen molar-refractivity contribution in [2.24, 2.45) is 0 Å². The molecule has 0 radical (unpaired) electrons. The molecule has 0 saturated heterocycles. The fourth-order valence-electron chi connectivity index (χ4n) is 2.84. The summed E-state index contributed by atoms with van der Waals surface area (Å²) in [6.07, 6.45) is 13.9. The van der Waals surface area contributed by atoms with Crippen molar-refractivity contribution < 1.29 is 4.42 Å². The topological polar surface area (TPSA) is 28.9 Å². The zero-order valence-electron chi connectivity index (χ0n) is 14.2. The summed E-state index contributed by atoms with van der Waals surface area (Å²) in [6.45, 7) is 2.28. The Balaban J connectivity index is 1.54. The fraction of sp³-hybridized carbons (Fsp3) is 0.632. The molecule has 0 aliphatic carbocycles. The number of thioether (sulfide) groups is 1. The summed E-state index contributed by atoms with van der Waals surface area (Å²) in [5.41, 5.74) is 1.91. The fourth-order valence-corrected chi connectivity index (χ4v) is 4.07. The van der Waals surface area contributed by atoms with Crippen LogP contribution in [-0.2, 0) is 0 Å². The van der Waals surface area contributed by atoms with Crippen molar-refractivity contribution in [1.29, 1.82) is 0 Å². The summed E-state index contributed by atoms with van der Waals surface area (Å²) < 4.78 is 5.46. The van der Waals surface area contributed by atoms with Crippen molar-refractivity contribution in [3.8, 4) is 0 Å². The molecular weight excluding hydrogens is 322 g/mol. The Morgan fingerprint density at radius 1 is 0.957 bits per heavy atom. The number of oxazole rings is 1. The maximum atomic E-state index is 5.46. The molecule has 4 heteroatoms. The Hall–Kier alpha value is -0.740. The van der Waals surface area contributed by atoms with Gasteiger partial charge in [-0.1, -0.05) is 70.8 Å². The highest BCUT2D eigenvalue weighted by molar-refractivity contribution is 7.99. The minimum Gasteiger partial charge on any atom is -0.429 e. The molecule has 0 unspecified atom stereocenters. The number of nitrogens with one attached hydrogen (secondary N) is 1. The third-order valence-electron chi connectivity index (χ3n) is 4.17. The minimum atomic E-state index is 0.465. The van der Waals surface area contributed by atoms with Gasteiger partial charge >= 0.3 is 0 Å². The number of aromatic amines is 1. The van der Waals surface area contributed by atoms with Crippen LogP contribution >= 0.6 is 24.0 Å². The maximum absolute atomic E-state index is 5.46. The number of hydrogen-bond donors (Lipinski definition) is 1. The Kier molecular flexibility index (Phi) is 8.83. The summed E-state index contributed by atoms with van der Waals surface area (Å²) in [5.74, 6) is 1.17. The van der Waals surface area contributed by atoms with E-state index in [2.05, 4.69) is 18.0 Å². The predicted molar refractivity (Wildman–Crippen MR) is 104 cm³/mol. The van der Waals surface area contributed by atoms with Gasteiger partial charge in [0.15, 0.2) is 5.58 Å². The number of aromatic nitrogens is 1. The van der Waals surface area contributed by atoms with Gasteiger partial charge in [-0.15, -0.1) is 11.8 Å². The minimum absolute atomic E-state index is 0.465. The van der Waals surface area contributed by atoms with E-state index in [1.165, 1.54) is 74.9 Å². The monoisotopic (exact) mass is 351 g/mol. The molecule has 1 aromatic heterocycles. The van der Waals surface area contributed by atoms with E-state index >= 15 is 0 Å². The molecule has 2 rings (SSSR count). The van der Waals surface area contributed by atoms with E-state index in [9.17, 15) is 0 Å². The molecule has 0 aliphatic rings. The smallest absolute Gasteiger partial charge is 0.266 e. The van der Waals surface area contributed by atoms with E-state index in [4.69, 9.17) is 16.6 Å². The lowest BCUT2D eigenvalue weighted by molar-refractivity contribution is 0.563. The molecule has 1 N–H and O–H groups in total. The first kappa shape index (κ1) is 18.6. The Bertz CT molecular complexity index is 617. The largest absolute Gasteiger partial charge is 0.429 e. The molecule has 23 heavy (non-hydrogen) atoms. The van der Waals surface area contributed by atoms with Crippen LogP contribution in [0.5, 0.6) is 0 Å². The van der Waals surface area contributed by atoms with Crippen molar-refractivity contribution in [3.63, 3.8) is 0 Å². The molecule has 0 saturated carbocycles. The predicted octanol–water partition coefficient (Wildman–Crippen LogP) is 7.50. The van der Waals surface area contributed by atoms with E-state index in [1.54, 1.807) is 0 Å². The molecule has 2 aromatic rings. The highest BCUT2D eigenvalue weighted by Crippen LogP contribution is 2.28. The number of para-hydroxylation sites is 1. The van der Waals surface area contributed by atoms with Crippen LogP contribution in [0, 0.1) is 4.84 Å². The average molecular weight is 352 g/mol. The molecule has 1 aromatic carbocycles. The number of hydrogen-bond acceptors (Lipinski definition) is 3. The van der Waals surface area contributed by atoms with E-state index in [0.29, 0.717) is 4.84 Å². The Labute approximate surface area is 149 Å². The molecule has 1 heterocycles. The molecule has 2 nitrogen and oxygen atoms in total. The summed E-state index contributed by atoms with van der Waals surface area (Å²) >= 11 is 6.97. The Morgan fingerprint density at radius 2 is 1.61 bits per heavy atom. The van der Waals surface area contributed by atoms with Crippen molar-refractivity contribution in [1.82, 2.24) is 4.98 Å². The standard InChI is InChI=1S/C19H29NOS2/c1-2-3-4-5-6-7-8-9-10-11-15-23-17-14-12-13-16-18(17)20-19(22)21-16/h12-14H,2-11,15H2,1H3,(H,20,22). The molecular formula is C19H29NOS2. The van der Waals surface area contributed by atoms with Gasteiger partial charge in [0.25, 0.3) is 4.84 Å². The number of unbranched alkanes of at least 4 members (excludes halogenated alkanes) is 9. The van der Waals surface area contributed by atoms with Crippen molar-refractivity contribution in [2.45, 2.75) is 76.0 Å². The maximum Gasteiger partial charge on any atom is 0.266 e. The van der Waals surface area contributed by atoms with Crippen LogP contribution in [0.3, 0.4) is 0 Å². The van der Waals surface area contributed by atoms with Crippen LogP contribution in [-0.4, -0.2) is 10.7 Å². The van der Waals surface area contributed by atoms with E-state index in [0.717, 1.165) is 11.1 Å². The summed E-state index contributed by atoms with van der Waals surface area (Å²) in [6, 6.07) is 6.14. The zero-order chi connectivity index (χ0) is 16.3. The molecule has 0 amide bonds. The number of H-pyrrole nitrogens is 1. The lowest BCUT2D eigenvalue weighted by atomic mass is 10.1. The van der Waals surface area contributed by atoms with Crippen LogP contribution in [0.25, 0.3) is 11.1 Å². The summed E-state index contributed by atoms with van der Waals surface area (Å²) in [5, 5.41) is 0. The average Bonchev–Trinajstić information content (AvgIpc) is 2.93. The highest BCUT2D eigenvalue weighted by atomic mass is 32.2. The van der Waals surface area contributed by atoms with Gasteiger partial charge in [-0.2, -0.15) is 0 Å². The van der Waals surface area contributed by atoms with Gasteiger partial charge in [-0.3, -0.25) is 0 Å². The quantitative estimate of drug-likeness (QED) is 0.244. The summed E-state index contributed by atoms with van der Waals surface area (Å²) in [4.78, 5) is 4.86. The zero-order valence-corrected chi connectivity index (χ0v) is 15.9. The second-order valence-corrected chi connectivity index (χ2v) is 7.68. The SMILES string of the molecule is CCCCCCCCCCCCSc1cccc2oc(=S)[nH]c12. The molecule has 0 spiro atoms. The lowest BCUT2D eigenvalue weighted by Crippen LogP contribution is -1.84. The Morgan fingerprint density at radius 3 is 2.30 bits per heavy atom. The van der Waals surface area contributed by atoms with Crippen molar-refractivity contribution in [2.75, 3.05) is 5.75 Å². The second-order valence-electron chi connectivity index (χ2n) is 6.17. The van der Waals surface area contributed by atoms with Crippen molar-refractivity contribution >= 4 is 35.1 Å². The van der Waals surface area contributed by atoms with E-state index in [-0.39, 0.29) is 0 Å². The van der Waals surface area contributed by atoms with Gasteiger partial charge < -0.3 is 9.40 Å². The van der Waals surface area contributed by atoms with Gasteiger partial charge in [0.1, 0.15) is 0 Å². The first-order chi connectivity index (χ1) is 11.3. The number of benzene rings is 1. The summed E-state index contributed by atoms with van der Waals surface area (Å²) in [7, 11) is 0. The molecule has 0 bridgehead atoms. The van der Waals surface area contributed by atoms with Gasteiger partial charge in [0.05, 0.1) is 5.52 Å². The first-order valence-electron chi connectivity index (χ1n) is 9.06. The van der Waals surface area contributed by atoms with Crippen LogP contribution in [0.15, 0.2) is 27.5 Å². The molecule has 128 valence electrons. The van der Waals surface area contributed by atoms with Gasteiger partial charge in [0.2, 0.25) is 0 Å². The number of fused-ring (bicyclic) bond motifs is 1. The van der Waals surface area contributed by atoms with Crippen LogP contribution in [0.2, 0.25) is 0 Å². The van der Waals surface area contributed by atoms with Gasteiger partial charge in [-0.25, -0.2) is 0 Å². The lowest BCUT2D eigenvalue weighted by Gasteiger charge is -2.03. The van der Waals surface area contributed by atoms with Crippen LogP contribution in [0.4, 0.5) is 0 Å². The number of rotatable bonds is 12. The molecule has 0 aliphatic heterocycles.